The van der Waals surface area contributed by atoms with Gasteiger partial charge >= 0.3 is 12.4 Å². The summed E-state index contributed by atoms with van der Waals surface area (Å²) in [4.78, 5) is 0.473. The van der Waals surface area contributed by atoms with Crippen LogP contribution in [0.2, 0.25) is 0 Å². The smallest absolute Gasteiger partial charge is 0.390 e. The molecular formula is C66H94F6O8S2. The van der Waals surface area contributed by atoms with Crippen LogP contribution in [0.1, 0.15) is 176 Å². The van der Waals surface area contributed by atoms with Crippen molar-refractivity contribution in [3.8, 4) is 0 Å². The molecule has 1 aliphatic heterocycles. The number of ether oxygens (including phenoxy) is 1. The van der Waals surface area contributed by atoms with E-state index >= 15 is 0 Å². The number of aliphatic hydroxyl groups is 3. The number of allylic oxidation sites excluding steroid dienone is 2. The van der Waals surface area contributed by atoms with Crippen LogP contribution in [0.4, 0.5) is 26.3 Å². The molecule has 19 atom stereocenters. The summed E-state index contributed by atoms with van der Waals surface area (Å²) < 4.78 is 130. The highest BCUT2D eigenvalue weighted by Gasteiger charge is 2.60. The van der Waals surface area contributed by atoms with Gasteiger partial charge in [-0.2, -0.15) is 26.3 Å². The maximum Gasteiger partial charge on any atom is 0.416 e. The van der Waals surface area contributed by atoms with E-state index in [1.54, 1.807) is 35.9 Å². The Balaban J connectivity index is 0.000000178. The predicted octanol–water partition coefficient (Wildman–Crippen LogP) is 15.3. The van der Waals surface area contributed by atoms with Crippen molar-refractivity contribution in [1.82, 2.24) is 0 Å². The van der Waals surface area contributed by atoms with Gasteiger partial charge in [-0.05, 0) is 241 Å². The fourth-order valence-electron chi connectivity index (χ4n) is 18.9. The van der Waals surface area contributed by atoms with Gasteiger partial charge in [0.05, 0.1) is 38.6 Å². The summed E-state index contributed by atoms with van der Waals surface area (Å²) in [5.74, 6) is 6.78. The second kappa shape index (κ2) is 24.4. The minimum absolute atomic E-state index is 0.00911. The number of alkyl halides is 6. The van der Waals surface area contributed by atoms with Crippen molar-refractivity contribution in [1.29, 1.82) is 0 Å². The van der Waals surface area contributed by atoms with Gasteiger partial charge in [0.25, 0.3) is 0 Å². The molecule has 7 fully saturated rings. The Morgan fingerprint density at radius 3 is 1.48 bits per heavy atom. The molecule has 8 nitrogen and oxygen atoms in total. The molecule has 9 aliphatic rings. The number of epoxide rings is 1. The van der Waals surface area contributed by atoms with E-state index in [-0.39, 0.29) is 40.9 Å². The van der Waals surface area contributed by atoms with E-state index < -0.39 is 67.1 Å². The molecule has 460 valence electrons. The number of fused-ring (bicyclic) bond motifs is 10. The van der Waals surface area contributed by atoms with Gasteiger partial charge in [-0.15, -0.1) is 0 Å². The number of rotatable bonds is 14. The Labute approximate surface area is 486 Å². The summed E-state index contributed by atoms with van der Waals surface area (Å²) in [6, 6.07) is 16.7. The molecule has 16 heteroatoms. The predicted molar refractivity (Wildman–Crippen MR) is 308 cm³/mol. The number of hydrogen-bond acceptors (Lipinski definition) is 8. The molecule has 0 aromatic heterocycles. The molecule has 1 unspecified atom stereocenters. The molecule has 1 heterocycles. The molecule has 1 saturated heterocycles. The first-order chi connectivity index (χ1) is 38.5. The van der Waals surface area contributed by atoms with Gasteiger partial charge in [0.2, 0.25) is 0 Å². The third kappa shape index (κ3) is 13.2. The minimum Gasteiger partial charge on any atom is -0.390 e. The zero-order chi connectivity index (χ0) is 59.4. The van der Waals surface area contributed by atoms with Gasteiger partial charge < -0.3 is 20.1 Å². The van der Waals surface area contributed by atoms with E-state index in [4.69, 9.17) is 0 Å². The second-order valence-electron chi connectivity index (χ2n) is 27.9. The minimum atomic E-state index is -4.87. The zero-order valence-corrected chi connectivity index (χ0v) is 51.0. The van der Waals surface area contributed by atoms with Crippen molar-refractivity contribution in [3.63, 3.8) is 0 Å². The Hall–Kier alpha value is -2.76. The first kappa shape index (κ1) is 63.7. The Morgan fingerprint density at radius 2 is 1.06 bits per heavy atom. The van der Waals surface area contributed by atoms with E-state index in [0.29, 0.717) is 51.7 Å². The average Bonchev–Trinajstić information content (AvgIpc) is 3.34. The van der Waals surface area contributed by atoms with Gasteiger partial charge in [-0.25, -0.2) is 16.8 Å². The van der Waals surface area contributed by atoms with Crippen molar-refractivity contribution in [2.75, 3.05) is 12.4 Å². The van der Waals surface area contributed by atoms with E-state index in [9.17, 15) is 58.5 Å². The SMILES string of the molecule is CC[C@]1(O)CC[C@H]2C(=CC[C@@H]3[C@@H]2CC[C@]2(C)[C@@H]([C@H](C)CC(C[C@@H](O)C(F)(F)F)S(=O)(=O)c4ccccc4)CC[C@@H]32)C1.CC[C@]1(O)CC[C@H]2C(=CC[C@@H]3[C@@H]2CC[C@]2(C)[C@@H]([C@H](C)CCS(=O)(=O)c4ccccc4)CC[C@@H]32)C1.FC(F)(F)[C@H]1CO1. The summed E-state index contributed by atoms with van der Waals surface area (Å²) in [5.41, 5.74) is 2.35. The third-order valence-electron chi connectivity index (χ3n) is 23.7. The standard InChI is InChI=1S/C33H47F3O4S.C30H44O3S.C3H3F3O/c1-4-32(38)17-15-25-22(20-32)10-11-27-26(25)14-16-31(3)28(12-13-29(27)31)21(2)18-24(19-30(37)33(34,35)36)41(39,40)23-8-6-5-7-9-23;1-4-30(31)18-15-24-22(20-30)10-11-26-25(24)14-17-29(3)27(12-13-28(26)29)21(2)16-19-34(32,33)23-8-6-5-7-9-23;4-3(5,6)2-1-7-2/h5-10,21,24-30,37-38H,4,11-20H2,1-3H3;5-10,21,24-28,31H,4,11-20H2,1-3H3;2H,1H2/t21-,24?,25+,26-,27-,28-,29+,30-,31-,32+;21-,24+,25-,26-,27-,28+,29-,30+;2-/m111/s1. The summed E-state index contributed by atoms with van der Waals surface area (Å²) in [6.07, 6.45) is 10.8. The monoisotopic (exact) mass is 1190 g/mol. The first-order valence-corrected chi connectivity index (χ1v) is 34.5. The molecule has 0 bridgehead atoms. The van der Waals surface area contributed by atoms with Crippen molar-refractivity contribution < 1.29 is 63.2 Å². The molecule has 11 rings (SSSR count). The highest BCUT2D eigenvalue weighted by Crippen LogP contribution is 2.67. The number of aliphatic hydroxyl groups excluding tert-OH is 1. The van der Waals surface area contributed by atoms with Crippen LogP contribution in [0.3, 0.4) is 0 Å². The third-order valence-corrected chi connectivity index (χ3v) is 27.6. The fraction of sp³-hybridized carbons (Fsp3) is 0.758. The highest BCUT2D eigenvalue weighted by atomic mass is 32.2. The summed E-state index contributed by atoms with van der Waals surface area (Å²) in [5, 5.41) is 30.5. The largest absolute Gasteiger partial charge is 0.416 e. The number of sulfone groups is 2. The fourth-order valence-corrected chi connectivity index (χ4v) is 22.3. The molecule has 82 heavy (non-hydrogen) atoms. The summed E-state index contributed by atoms with van der Waals surface area (Å²) in [6.45, 7) is 13.3. The quantitative estimate of drug-likeness (QED) is 0.0965. The molecule has 0 spiro atoms. The zero-order valence-electron chi connectivity index (χ0n) is 49.3. The Morgan fingerprint density at radius 1 is 0.610 bits per heavy atom. The van der Waals surface area contributed by atoms with E-state index in [1.807, 2.05) is 25.1 Å². The van der Waals surface area contributed by atoms with Crippen LogP contribution in [0.15, 0.2) is 93.8 Å². The van der Waals surface area contributed by atoms with Crippen LogP contribution in [0, 0.1) is 81.8 Å². The van der Waals surface area contributed by atoms with E-state index in [2.05, 4.69) is 51.5 Å². The maximum atomic E-state index is 13.6. The molecule has 0 radical (unpaired) electrons. The highest BCUT2D eigenvalue weighted by molar-refractivity contribution is 7.92. The van der Waals surface area contributed by atoms with Crippen LogP contribution >= 0.6 is 0 Å². The van der Waals surface area contributed by atoms with Gasteiger partial charge in [0, 0.05) is 0 Å². The van der Waals surface area contributed by atoms with Crippen molar-refractivity contribution >= 4 is 19.7 Å². The van der Waals surface area contributed by atoms with Crippen LogP contribution < -0.4 is 0 Å². The van der Waals surface area contributed by atoms with E-state index in [0.717, 1.165) is 108 Å². The van der Waals surface area contributed by atoms with Crippen molar-refractivity contribution in [2.24, 2.45) is 81.8 Å². The van der Waals surface area contributed by atoms with Gasteiger partial charge in [-0.3, -0.25) is 0 Å². The Kier molecular flexibility index (Phi) is 19.0. The molecular weight excluding hydrogens is 1100 g/mol. The normalized spacial score (nSPS) is 38.3. The molecule has 3 N–H and O–H groups in total. The first-order valence-electron chi connectivity index (χ1n) is 31.3. The molecule has 2 aromatic carbocycles. The number of halogens is 6. The van der Waals surface area contributed by atoms with Gasteiger partial charge in [-0.1, -0.05) is 101 Å². The van der Waals surface area contributed by atoms with Gasteiger partial charge in [0.15, 0.2) is 31.9 Å². The molecule has 2 aromatic rings. The lowest BCUT2D eigenvalue weighted by Crippen LogP contribution is -2.48. The average molecular weight is 1190 g/mol. The maximum absolute atomic E-state index is 13.6. The molecule has 0 amide bonds. The van der Waals surface area contributed by atoms with Crippen LogP contribution in [-0.2, 0) is 24.4 Å². The lowest BCUT2D eigenvalue weighted by atomic mass is 9.50. The van der Waals surface area contributed by atoms with E-state index in [1.165, 1.54) is 49.8 Å². The molecule has 8 aliphatic carbocycles. The summed E-state index contributed by atoms with van der Waals surface area (Å²) >= 11 is 0. The topological polar surface area (TPSA) is 142 Å². The number of benzene rings is 2. The van der Waals surface area contributed by atoms with Crippen molar-refractivity contribution in [2.45, 2.75) is 227 Å². The second-order valence-corrected chi connectivity index (χ2v) is 32.2. The summed E-state index contributed by atoms with van der Waals surface area (Å²) in [7, 11) is -7.27. The van der Waals surface area contributed by atoms with Crippen LogP contribution in [0.25, 0.3) is 0 Å². The lowest BCUT2D eigenvalue weighted by Gasteiger charge is -2.55. The van der Waals surface area contributed by atoms with Crippen LogP contribution in [-0.4, -0.2) is 85.5 Å². The van der Waals surface area contributed by atoms with Gasteiger partial charge in [0.1, 0.15) is 0 Å². The lowest BCUT2D eigenvalue weighted by molar-refractivity contribution is -0.205. The van der Waals surface area contributed by atoms with Crippen molar-refractivity contribution in [3.05, 3.63) is 84.0 Å². The number of hydrogen-bond donors (Lipinski definition) is 3. The van der Waals surface area contributed by atoms with Crippen LogP contribution in [0.5, 0.6) is 0 Å². The molecule has 6 saturated carbocycles. The Bertz CT molecular complexity index is 2790.